The quantitative estimate of drug-likeness (QED) is 0.639. The zero-order valence-electron chi connectivity index (χ0n) is 10.4. The van der Waals surface area contributed by atoms with Gasteiger partial charge in [-0.05, 0) is 39.0 Å². The van der Waals surface area contributed by atoms with E-state index >= 15 is 0 Å². The molecule has 0 aliphatic heterocycles. The number of benzene rings is 1. The van der Waals surface area contributed by atoms with E-state index in [2.05, 4.69) is 21.0 Å². The molecule has 2 amide bonds. The van der Waals surface area contributed by atoms with E-state index in [0.717, 1.165) is 5.56 Å². The summed E-state index contributed by atoms with van der Waals surface area (Å²) in [6.07, 6.45) is 1.22. The molecule has 1 rings (SSSR count). The number of urea groups is 1. The van der Waals surface area contributed by atoms with Crippen molar-refractivity contribution in [3.8, 4) is 0 Å². The van der Waals surface area contributed by atoms with Crippen LogP contribution in [0.25, 0.3) is 0 Å². The maximum atomic E-state index is 13.8. The van der Waals surface area contributed by atoms with Crippen LogP contribution < -0.4 is 11.2 Å². The third-order valence-corrected chi connectivity index (χ3v) is 2.88. The average molecular weight is 316 g/mol. The van der Waals surface area contributed by atoms with E-state index in [4.69, 9.17) is 5.73 Å². The lowest BCUT2D eigenvalue weighted by atomic mass is 9.86. The number of primary amides is 1. The third kappa shape index (κ3) is 3.80. The predicted octanol–water partition coefficient (Wildman–Crippen LogP) is 2.89. The summed E-state index contributed by atoms with van der Waals surface area (Å²) in [6.45, 7) is 6.07. The molecule has 0 spiro atoms. The molecule has 0 fully saturated rings. The fraction of sp³-hybridized carbons (Fsp3) is 0.333. The zero-order valence-corrected chi connectivity index (χ0v) is 12.0. The molecule has 0 bridgehead atoms. The summed E-state index contributed by atoms with van der Waals surface area (Å²) in [7, 11) is 0. The molecule has 0 saturated carbocycles. The van der Waals surface area contributed by atoms with Crippen LogP contribution >= 0.6 is 15.9 Å². The largest absolute Gasteiger partial charge is 0.350 e. The average Bonchev–Trinajstić information content (AvgIpc) is 2.22. The van der Waals surface area contributed by atoms with Gasteiger partial charge in [0.15, 0.2) is 0 Å². The van der Waals surface area contributed by atoms with E-state index in [1.165, 1.54) is 6.21 Å². The summed E-state index contributed by atoms with van der Waals surface area (Å²) in [5.74, 6) is -0.432. The molecule has 0 unspecified atom stereocenters. The van der Waals surface area contributed by atoms with E-state index in [-0.39, 0.29) is 11.0 Å². The van der Waals surface area contributed by atoms with Gasteiger partial charge in [-0.1, -0.05) is 20.8 Å². The van der Waals surface area contributed by atoms with Crippen LogP contribution in [-0.2, 0) is 5.41 Å². The molecule has 0 heterocycles. The standard InChI is InChI=1S/C12H15BrFN3O/c1-12(2,3)8-4-7(6-16-17-11(15)18)10(14)9(13)5-8/h4-6H,1-3H3,(H3,15,17,18). The van der Waals surface area contributed by atoms with Crippen LogP contribution in [0.3, 0.4) is 0 Å². The first kappa shape index (κ1) is 14.6. The fourth-order valence-electron chi connectivity index (χ4n) is 1.30. The smallest absolute Gasteiger partial charge is 0.332 e. The number of rotatable bonds is 2. The van der Waals surface area contributed by atoms with E-state index < -0.39 is 11.8 Å². The van der Waals surface area contributed by atoms with Gasteiger partial charge in [0, 0.05) is 5.56 Å². The second kappa shape index (κ2) is 5.48. The van der Waals surface area contributed by atoms with Gasteiger partial charge in [-0.25, -0.2) is 14.6 Å². The van der Waals surface area contributed by atoms with E-state index in [1.54, 1.807) is 12.1 Å². The second-order valence-electron chi connectivity index (χ2n) is 4.85. The summed E-state index contributed by atoms with van der Waals surface area (Å²) in [4.78, 5) is 10.5. The minimum atomic E-state index is -0.794. The highest BCUT2D eigenvalue weighted by Crippen LogP contribution is 2.28. The summed E-state index contributed by atoms with van der Waals surface area (Å²) in [5, 5.41) is 3.56. The Balaban J connectivity index is 3.15. The lowest BCUT2D eigenvalue weighted by molar-refractivity contribution is 0.249. The number of amides is 2. The van der Waals surface area contributed by atoms with Crippen molar-refractivity contribution < 1.29 is 9.18 Å². The van der Waals surface area contributed by atoms with E-state index in [0.29, 0.717) is 4.47 Å². The number of carbonyl (C=O) groups excluding carboxylic acids is 1. The van der Waals surface area contributed by atoms with Crippen molar-refractivity contribution in [2.45, 2.75) is 26.2 Å². The van der Waals surface area contributed by atoms with Crippen LogP contribution in [-0.4, -0.2) is 12.2 Å². The minimum Gasteiger partial charge on any atom is -0.350 e. The molecule has 0 saturated heterocycles. The van der Waals surface area contributed by atoms with Crippen molar-refractivity contribution in [3.63, 3.8) is 0 Å². The van der Waals surface area contributed by atoms with Gasteiger partial charge in [0.1, 0.15) is 5.82 Å². The Hall–Kier alpha value is -1.43. The molecule has 1 aromatic carbocycles. The highest BCUT2D eigenvalue weighted by atomic mass is 79.9. The Morgan fingerprint density at radius 3 is 2.61 bits per heavy atom. The molecule has 1 aromatic rings. The topological polar surface area (TPSA) is 67.5 Å². The molecular formula is C12H15BrFN3O. The summed E-state index contributed by atoms with van der Waals surface area (Å²) >= 11 is 3.16. The van der Waals surface area contributed by atoms with Crippen molar-refractivity contribution in [3.05, 3.63) is 33.5 Å². The van der Waals surface area contributed by atoms with Crippen molar-refractivity contribution in [2.75, 3.05) is 0 Å². The first-order valence-electron chi connectivity index (χ1n) is 5.30. The van der Waals surface area contributed by atoms with E-state index in [1.807, 2.05) is 26.2 Å². The maximum absolute atomic E-state index is 13.8. The summed E-state index contributed by atoms with van der Waals surface area (Å²) in [6, 6.07) is 2.62. The van der Waals surface area contributed by atoms with Crippen molar-refractivity contribution in [1.82, 2.24) is 5.43 Å². The molecule has 3 N–H and O–H groups in total. The van der Waals surface area contributed by atoms with Crippen LogP contribution in [0.5, 0.6) is 0 Å². The van der Waals surface area contributed by atoms with Gasteiger partial charge in [-0.3, -0.25) is 0 Å². The van der Waals surface area contributed by atoms with Crippen LogP contribution in [0.1, 0.15) is 31.9 Å². The summed E-state index contributed by atoms with van der Waals surface area (Å²) in [5.41, 5.74) is 8.00. The lowest BCUT2D eigenvalue weighted by Gasteiger charge is -2.20. The molecular weight excluding hydrogens is 301 g/mol. The number of hydrogen-bond donors (Lipinski definition) is 2. The fourth-order valence-corrected chi connectivity index (χ4v) is 1.78. The maximum Gasteiger partial charge on any atom is 0.332 e. The normalized spacial score (nSPS) is 11.8. The van der Waals surface area contributed by atoms with Gasteiger partial charge in [0.25, 0.3) is 0 Å². The number of halogens is 2. The Morgan fingerprint density at radius 1 is 1.50 bits per heavy atom. The Morgan fingerprint density at radius 2 is 2.11 bits per heavy atom. The van der Waals surface area contributed by atoms with Crippen LogP contribution in [0.4, 0.5) is 9.18 Å². The molecule has 0 aromatic heterocycles. The second-order valence-corrected chi connectivity index (χ2v) is 5.70. The first-order chi connectivity index (χ1) is 8.21. The monoisotopic (exact) mass is 315 g/mol. The molecule has 0 atom stereocenters. The Kier molecular flexibility index (Phi) is 4.45. The minimum absolute atomic E-state index is 0.115. The molecule has 0 aliphatic rings. The molecule has 0 aliphatic carbocycles. The number of hydrogen-bond acceptors (Lipinski definition) is 2. The highest BCUT2D eigenvalue weighted by Gasteiger charge is 2.17. The summed E-state index contributed by atoms with van der Waals surface area (Å²) < 4.78 is 14.2. The number of carbonyl (C=O) groups is 1. The van der Waals surface area contributed by atoms with Gasteiger partial charge in [-0.2, -0.15) is 5.10 Å². The Bertz CT molecular complexity index is 495. The van der Waals surface area contributed by atoms with Gasteiger partial charge in [0.05, 0.1) is 10.7 Å². The van der Waals surface area contributed by atoms with Crippen LogP contribution in [0.15, 0.2) is 21.7 Å². The molecule has 6 heteroatoms. The van der Waals surface area contributed by atoms with Crippen molar-refractivity contribution in [2.24, 2.45) is 10.8 Å². The SMILES string of the molecule is CC(C)(C)c1cc(Br)c(F)c(C=NNC(N)=O)c1. The number of nitrogens with one attached hydrogen (secondary N) is 1. The molecule has 4 nitrogen and oxygen atoms in total. The van der Waals surface area contributed by atoms with Gasteiger partial charge < -0.3 is 5.73 Å². The van der Waals surface area contributed by atoms with Crippen LogP contribution in [0, 0.1) is 5.82 Å². The van der Waals surface area contributed by atoms with Crippen molar-refractivity contribution in [1.29, 1.82) is 0 Å². The lowest BCUT2D eigenvalue weighted by Crippen LogP contribution is -2.24. The third-order valence-electron chi connectivity index (χ3n) is 2.30. The van der Waals surface area contributed by atoms with Crippen LogP contribution in [0.2, 0.25) is 0 Å². The molecule has 98 valence electrons. The highest BCUT2D eigenvalue weighted by molar-refractivity contribution is 9.10. The number of nitrogens with zero attached hydrogens (tertiary/aromatic N) is 1. The first-order valence-corrected chi connectivity index (χ1v) is 6.09. The molecule has 18 heavy (non-hydrogen) atoms. The van der Waals surface area contributed by atoms with Gasteiger partial charge in [-0.15, -0.1) is 0 Å². The van der Waals surface area contributed by atoms with E-state index in [9.17, 15) is 9.18 Å². The van der Waals surface area contributed by atoms with Gasteiger partial charge in [0.2, 0.25) is 0 Å². The van der Waals surface area contributed by atoms with Gasteiger partial charge >= 0.3 is 6.03 Å². The zero-order chi connectivity index (χ0) is 13.9. The number of nitrogens with two attached hydrogens (primary N) is 1. The van der Waals surface area contributed by atoms with Crippen molar-refractivity contribution >= 4 is 28.2 Å². The Labute approximate surface area is 114 Å². The predicted molar refractivity (Wildman–Crippen MR) is 73.1 cm³/mol. The number of hydrazone groups is 1. The molecule has 0 radical (unpaired) electrons.